The molecule has 2 saturated heterocycles. The Hall–Kier alpha value is -0.240. The van der Waals surface area contributed by atoms with Crippen LogP contribution in [0.15, 0.2) is 0 Å². The zero-order valence-corrected chi connectivity index (χ0v) is 9.28. The van der Waals surface area contributed by atoms with Crippen LogP contribution in [0.25, 0.3) is 0 Å². The maximum Gasteiger partial charge on any atom is 0.118 e. The van der Waals surface area contributed by atoms with Crippen molar-refractivity contribution < 1.29 is 0 Å². The van der Waals surface area contributed by atoms with Crippen LogP contribution in [-0.4, -0.2) is 48.1 Å². The summed E-state index contributed by atoms with van der Waals surface area (Å²) in [5, 5.41) is 12.7. The van der Waals surface area contributed by atoms with E-state index in [0.29, 0.717) is 0 Å². The smallest absolute Gasteiger partial charge is 0.118 e. The second-order valence-corrected chi connectivity index (χ2v) is 5.14. The molecule has 1 N–H and O–H groups in total. The second kappa shape index (κ2) is 4.52. The van der Waals surface area contributed by atoms with Gasteiger partial charge in [0.25, 0.3) is 0 Å². The molecule has 2 fully saturated rings. The van der Waals surface area contributed by atoms with Crippen molar-refractivity contribution in [2.24, 2.45) is 0 Å². The van der Waals surface area contributed by atoms with Gasteiger partial charge in [-0.2, -0.15) is 17.0 Å². The Morgan fingerprint density at radius 1 is 1.36 bits per heavy atom. The van der Waals surface area contributed by atoms with Gasteiger partial charge in [-0.25, -0.2) is 0 Å². The van der Waals surface area contributed by atoms with E-state index in [9.17, 15) is 5.26 Å². The molecule has 1 atom stereocenters. The fraction of sp³-hybridized carbons (Fsp3) is 0.900. The summed E-state index contributed by atoms with van der Waals surface area (Å²) in [5.74, 6) is 2.24. The van der Waals surface area contributed by atoms with Gasteiger partial charge < -0.3 is 5.32 Å². The summed E-state index contributed by atoms with van der Waals surface area (Å²) in [7, 11) is 0. The Morgan fingerprint density at radius 3 is 2.71 bits per heavy atom. The topological polar surface area (TPSA) is 39.1 Å². The van der Waals surface area contributed by atoms with Gasteiger partial charge in [-0.15, -0.1) is 0 Å². The minimum Gasteiger partial charge on any atom is -0.314 e. The minimum absolute atomic E-state index is 0.148. The van der Waals surface area contributed by atoms with Crippen LogP contribution in [0.4, 0.5) is 0 Å². The Labute approximate surface area is 89.8 Å². The molecule has 0 spiro atoms. The molecule has 2 rings (SSSR count). The molecule has 4 heteroatoms. The Bertz CT molecular complexity index is 224. The Morgan fingerprint density at radius 2 is 2.14 bits per heavy atom. The van der Waals surface area contributed by atoms with Gasteiger partial charge in [-0.1, -0.05) is 0 Å². The normalized spacial score (nSPS) is 35.1. The maximum atomic E-state index is 9.37. The number of piperazine rings is 1. The van der Waals surface area contributed by atoms with E-state index < -0.39 is 0 Å². The van der Waals surface area contributed by atoms with E-state index in [0.717, 1.165) is 38.4 Å². The van der Waals surface area contributed by atoms with Gasteiger partial charge in [0.05, 0.1) is 6.07 Å². The maximum absolute atomic E-state index is 9.37. The molecule has 0 saturated carbocycles. The van der Waals surface area contributed by atoms with Crippen molar-refractivity contribution >= 4 is 11.8 Å². The van der Waals surface area contributed by atoms with Crippen LogP contribution in [0, 0.1) is 11.3 Å². The summed E-state index contributed by atoms with van der Waals surface area (Å²) in [5.41, 5.74) is -0.148. The zero-order chi connectivity index (χ0) is 9.86. The van der Waals surface area contributed by atoms with Crippen molar-refractivity contribution in [1.82, 2.24) is 10.2 Å². The van der Waals surface area contributed by atoms with E-state index in [1.807, 2.05) is 11.8 Å². The number of hydrogen-bond donors (Lipinski definition) is 1. The van der Waals surface area contributed by atoms with Crippen LogP contribution in [0.5, 0.6) is 0 Å². The average Bonchev–Trinajstić information content (AvgIpc) is 2.31. The molecule has 0 aromatic carbocycles. The quantitative estimate of drug-likeness (QED) is 0.692. The lowest BCUT2D eigenvalue weighted by molar-refractivity contribution is 0.126. The van der Waals surface area contributed by atoms with Gasteiger partial charge in [0, 0.05) is 31.9 Å². The van der Waals surface area contributed by atoms with Crippen molar-refractivity contribution in [3.63, 3.8) is 0 Å². The largest absolute Gasteiger partial charge is 0.314 e. The molecule has 2 heterocycles. The van der Waals surface area contributed by atoms with Crippen molar-refractivity contribution in [2.45, 2.75) is 18.4 Å². The van der Waals surface area contributed by atoms with Crippen LogP contribution < -0.4 is 5.32 Å². The lowest BCUT2D eigenvalue weighted by Crippen LogP contribution is -2.57. The van der Waals surface area contributed by atoms with E-state index in [4.69, 9.17) is 0 Å². The molecule has 14 heavy (non-hydrogen) atoms. The van der Waals surface area contributed by atoms with Gasteiger partial charge in [-0.3, -0.25) is 4.90 Å². The highest BCUT2D eigenvalue weighted by atomic mass is 32.2. The second-order valence-electron chi connectivity index (χ2n) is 4.04. The first-order valence-corrected chi connectivity index (χ1v) is 6.48. The monoisotopic (exact) mass is 211 g/mol. The summed E-state index contributed by atoms with van der Waals surface area (Å²) in [6.45, 7) is 4.14. The fourth-order valence-electron chi connectivity index (χ4n) is 2.28. The van der Waals surface area contributed by atoms with Gasteiger partial charge in [0.1, 0.15) is 5.54 Å². The van der Waals surface area contributed by atoms with Gasteiger partial charge in [-0.05, 0) is 18.6 Å². The third kappa shape index (κ3) is 1.90. The molecule has 0 radical (unpaired) electrons. The van der Waals surface area contributed by atoms with E-state index >= 15 is 0 Å². The first-order valence-electron chi connectivity index (χ1n) is 5.32. The highest BCUT2D eigenvalue weighted by Crippen LogP contribution is 2.31. The van der Waals surface area contributed by atoms with Crippen molar-refractivity contribution in [1.29, 1.82) is 5.26 Å². The van der Waals surface area contributed by atoms with Crippen LogP contribution in [0.3, 0.4) is 0 Å². The predicted octanol–water partition coefficient (Wildman–Crippen LogP) is 0.681. The van der Waals surface area contributed by atoms with E-state index in [1.165, 1.54) is 12.2 Å². The van der Waals surface area contributed by atoms with Gasteiger partial charge >= 0.3 is 0 Å². The Balaban J connectivity index is 2.06. The average molecular weight is 211 g/mol. The van der Waals surface area contributed by atoms with Crippen molar-refractivity contribution in [2.75, 3.05) is 37.7 Å². The summed E-state index contributed by atoms with van der Waals surface area (Å²) >= 11 is 1.94. The van der Waals surface area contributed by atoms with Gasteiger partial charge in [0.2, 0.25) is 0 Å². The molecule has 0 aliphatic carbocycles. The van der Waals surface area contributed by atoms with E-state index in [-0.39, 0.29) is 5.54 Å². The number of hydrogen-bond acceptors (Lipinski definition) is 4. The van der Waals surface area contributed by atoms with Crippen molar-refractivity contribution in [3.8, 4) is 6.07 Å². The number of nitrogens with one attached hydrogen (secondary N) is 1. The lowest BCUT2D eigenvalue weighted by atomic mass is 9.94. The Kier molecular flexibility index (Phi) is 3.32. The van der Waals surface area contributed by atoms with Crippen molar-refractivity contribution in [3.05, 3.63) is 0 Å². The third-order valence-electron chi connectivity index (χ3n) is 3.15. The SMILES string of the molecule is N#CC1(N2CCNCC2)CCCSC1. The summed E-state index contributed by atoms with van der Waals surface area (Å²) in [4.78, 5) is 2.38. The molecular weight excluding hydrogens is 194 g/mol. The number of rotatable bonds is 1. The first kappa shape index (κ1) is 10.3. The van der Waals surface area contributed by atoms with Crippen LogP contribution in [-0.2, 0) is 0 Å². The molecule has 2 aliphatic heterocycles. The van der Waals surface area contributed by atoms with Crippen LogP contribution in [0.2, 0.25) is 0 Å². The fourth-order valence-corrected chi connectivity index (χ4v) is 3.50. The predicted molar refractivity (Wildman–Crippen MR) is 59.3 cm³/mol. The lowest BCUT2D eigenvalue weighted by Gasteiger charge is -2.43. The zero-order valence-electron chi connectivity index (χ0n) is 8.46. The van der Waals surface area contributed by atoms with E-state index in [1.54, 1.807) is 0 Å². The molecule has 1 unspecified atom stereocenters. The standard InChI is InChI=1S/C10H17N3S/c11-8-10(2-1-7-14-9-10)13-5-3-12-4-6-13/h12H,1-7,9H2. The summed E-state index contributed by atoms with van der Waals surface area (Å²) in [6.07, 6.45) is 2.26. The first-order chi connectivity index (χ1) is 6.87. The van der Waals surface area contributed by atoms with Crippen LogP contribution >= 0.6 is 11.8 Å². The molecule has 0 bridgehead atoms. The number of nitrogens with zero attached hydrogens (tertiary/aromatic N) is 2. The molecule has 2 aliphatic rings. The molecule has 0 aromatic heterocycles. The minimum atomic E-state index is -0.148. The van der Waals surface area contributed by atoms with Crippen LogP contribution in [0.1, 0.15) is 12.8 Å². The highest BCUT2D eigenvalue weighted by molar-refractivity contribution is 7.99. The summed E-state index contributed by atoms with van der Waals surface area (Å²) < 4.78 is 0. The molecule has 78 valence electrons. The van der Waals surface area contributed by atoms with E-state index in [2.05, 4.69) is 16.3 Å². The molecular formula is C10H17N3S. The number of thioether (sulfide) groups is 1. The molecule has 0 amide bonds. The molecule has 0 aromatic rings. The highest BCUT2D eigenvalue weighted by Gasteiger charge is 2.38. The summed E-state index contributed by atoms with van der Waals surface area (Å²) in [6, 6.07) is 2.56. The third-order valence-corrected chi connectivity index (χ3v) is 4.41. The van der Waals surface area contributed by atoms with Gasteiger partial charge in [0.15, 0.2) is 0 Å². The number of nitriles is 1. The molecule has 3 nitrogen and oxygen atoms in total.